The summed E-state index contributed by atoms with van der Waals surface area (Å²) in [7, 11) is 3.01. The van der Waals surface area contributed by atoms with Gasteiger partial charge in [-0.2, -0.15) is 0 Å². The fourth-order valence-electron chi connectivity index (χ4n) is 3.27. The summed E-state index contributed by atoms with van der Waals surface area (Å²) in [6.07, 6.45) is -0.598. The van der Waals surface area contributed by atoms with E-state index >= 15 is 0 Å². The highest BCUT2D eigenvalue weighted by Gasteiger charge is 2.17. The number of nitrogen functional groups attached to an aromatic ring is 4. The van der Waals surface area contributed by atoms with E-state index in [0.717, 1.165) is 0 Å². The molecule has 10 N–H and O–H groups in total. The number of esters is 1. The third-order valence-corrected chi connectivity index (χ3v) is 5.69. The van der Waals surface area contributed by atoms with Crippen LogP contribution in [-0.2, 0) is 9.53 Å². The molecule has 0 saturated heterocycles. The van der Waals surface area contributed by atoms with Crippen molar-refractivity contribution in [1.29, 1.82) is 0 Å². The Hall–Kier alpha value is -5.91. The largest absolute Gasteiger partial charge is 0.508 e. The van der Waals surface area contributed by atoms with Crippen LogP contribution in [0.25, 0.3) is 0 Å². The first-order chi connectivity index (χ1) is 21.4. The molecule has 4 rings (SSSR count). The Morgan fingerprint density at radius 3 is 1.38 bits per heavy atom. The Bertz CT molecular complexity index is 1410. The van der Waals surface area contributed by atoms with Gasteiger partial charge in [-0.3, -0.25) is 0 Å². The van der Waals surface area contributed by atoms with Crippen molar-refractivity contribution in [2.75, 3.05) is 50.4 Å². The average Bonchev–Trinajstić information content (AvgIpc) is 3.03. The van der Waals surface area contributed by atoms with E-state index in [4.69, 9.17) is 56.8 Å². The van der Waals surface area contributed by atoms with Crippen LogP contribution in [0, 0.1) is 0 Å². The number of ether oxygens (including phenoxy) is 5. The van der Waals surface area contributed by atoms with Crippen molar-refractivity contribution in [3.8, 4) is 34.5 Å². The lowest BCUT2D eigenvalue weighted by atomic mass is 10.3. The first-order valence-corrected chi connectivity index (χ1v) is 13.5. The molecule has 0 aliphatic rings. The zero-order valence-corrected chi connectivity index (χ0v) is 25.4. The molecule has 0 spiro atoms. The van der Waals surface area contributed by atoms with Crippen LogP contribution in [0.3, 0.4) is 0 Å². The lowest BCUT2D eigenvalue weighted by Crippen LogP contribution is -2.31. The number of benzene rings is 4. The zero-order chi connectivity index (χ0) is 33.4. The molecule has 45 heavy (non-hydrogen) atoms. The van der Waals surface area contributed by atoms with E-state index in [1.54, 1.807) is 67.6 Å². The van der Waals surface area contributed by atoms with E-state index in [0.29, 0.717) is 51.3 Å². The summed E-state index contributed by atoms with van der Waals surface area (Å²) in [5.74, 6) is 2.07. The molecule has 0 atom stereocenters. The zero-order valence-electron chi connectivity index (χ0n) is 25.4. The van der Waals surface area contributed by atoms with Crippen molar-refractivity contribution < 1.29 is 38.7 Å². The molecule has 0 fully saturated rings. The fourth-order valence-corrected chi connectivity index (χ4v) is 3.27. The fraction of sp³-hybridized carbons (Fsp3) is 0.182. The van der Waals surface area contributed by atoms with Crippen LogP contribution in [-0.4, -0.2) is 49.7 Å². The monoisotopic (exact) mass is 620 g/mol. The Kier molecular flexibility index (Phi) is 14.0. The van der Waals surface area contributed by atoms with E-state index < -0.39 is 12.1 Å². The number of hydrogen-bond acceptors (Lipinski definition) is 12. The second-order valence-corrected chi connectivity index (χ2v) is 9.42. The normalized spacial score (nSPS) is 9.87. The molecule has 4 aromatic carbocycles. The Morgan fingerprint density at radius 2 is 1.07 bits per heavy atom. The lowest BCUT2D eigenvalue weighted by Gasteiger charge is -2.19. The van der Waals surface area contributed by atoms with Gasteiger partial charge in [0.2, 0.25) is 0 Å². The van der Waals surface area contributed by atoms with Gasteiger partial charge in [0.15, 0.2) is 6.10 Å². The molecule has 4 aromatic rings. The molecule has 0 aromatic heterocycles. The van der Waals surface area contributed by atoms with Crippen LogP contribution in [0.4, 0.5) is 22.7 Å². The molecule has 0 aliphatic heterocycles. The van der Waals surface area contributed by atoms with Gasteiger partial charge in [0.1, 0.15) is 47.7 Å². The third-order valence-electron chi connectivity index (χ3n) is 5.69. The summed E-state index contributed by atoms with van der Waals surface area (Å²) in [5.41, 5.74) is 24.9. The van der Waals surface area contributed by atoms with Gasteiger partial charge in [-0.15, -0.1) is 0 Å². The first kappa shape index (κ1) is 35.3. The number of anilines is 4. The Labute approximate surface area is 262 Å². The van der Waals surface area contributed by atoms with Gasteiger partial charge in [-0.1, -0.05) is 6.58 Å². The van der Waals surface area contributed by atoms with Crippen molar-refractivity contribution in [1.82, 2.24) is 0 Å². The number of rotatable bonds is 10. The molecule has 240 valence electrons. The number of carbonyl (C=O) groups is 1. The SMILES string of the molecule is C=C(C)C(=O)OC(COc1ccc(N)cc1)COc1ccc(N)cc1.COc1cc(O)ccc1N.COc1cc(O)ccc1N. The number of hydrogen-bond donors (Lipinski definition) is 6. The van der Waals surface area contributed by atoms with Gasteiger partial charge >= 0.3 is 5.97 Å². The number of phenolic OH excluding ortho intramolecular Hbond substituents is 2. The smallest absolute Gasteiger partial charge is 0.333 e. The maximum atomic E-state index is 11.8. The third kappa shape index (κ3) is 12.9. The molecule has 0 bridgehead atoms. The highest BCUT2D eigenvalue weighted by atomic mass is 16.6. The van der Waals surface area contributed by atoms with Crippen molar-refractivity contribution in [3.63, 3.8) is 0 Å². The number of methoxy groups -OCH3 is 2. The summed E-state index contributed by atoms with van der Waals surface area (Å²) < 4.78 is 26.3. The standard InChI is InChI=1S/C19H22N2O4.2C7H9NO2/c1-13(2)19(22)25-18(11-23-16-7-3-14(20)4-8-16)12-24-17-9-5-15(21)6-10-17;2*1-10-7-4-5(9)2-3-6(7)8/h3-10,18H,1,11-12,20-21H2,2H3;2*2-4,9H,8H2,1H3. The van der Waals surface area contributed by atoms with Gasteiger partial charge in [0, 0.05) is 29.1 Å². The van der Waals surface area contributed by atoms with Crippen LogP contribution in [0.5, 0.6) is 34.5 Å². The molecule has 0 unspecified atom stereocenters. The molecule has 0 aliphatic carbocycles. The van der Waals surface area contributed by atoms with Gasteiger partial charge < -0.3 is 56.8 Å². The predicted octanol–water partition coefficient (Wildman–Crippen LogP) is 4.76. The van der Waals surface area contributed by atoms with Crippen LogP contribution in [0.2, 0.25) is 0 Å². The predicted molar refractivity (Wildman–Crippen MR) is 176 cm³/mol. The molecular formula is C33H40N4O8. The Balaban J connectivity index is 0.000000287. The first-order valence-electron chi connectivity index (χ1n) is 13.5. The highest BCUT2D eigenvalue weighted by Crippen LogP contribution is 2.26. The van der Waals surface area contributed by atoms with Crippen molar-refractivity contribution >= 4 is 28.7 Å². The second kappa shape index (κ2) is 17.9. The minimum absolute atomic E-state index is 0.137. The molecule has 0 saturated carbocycles. The topological polar surface area (TPSA) is 208 Å². The van der Waals surface area contributed by atoms with Crippen molar-refractivity contribution in [3.05, 3.63) is 97.1 Å². The number of carbonyl (C=O) groups excluding carboxylic acids is 1. The van der Waals surface area contributed by atoms with Crippen LogP contribution in [0.1, 0.15) is 6.92 Å². The van der Waals surface area contributed by atoms with E-state index in [1.165, 1.54) is 38.5 Å². The summed E-state index contributed by atoms with van der Waals surface area (Å²) in [6, 6.07) is 23.0. The lowest BCUT2D eigenvalue weighted by molar-refractivity contribution is -0.147. The van der Waals surface area contributed by atoms with Crippen molar-refractivity contribution in [2.24, 2.45) is 0 Å². The van der Waals surface area contributed by atoms with Gasteiger partial charge in [0.05, 0.1) is 25.6 Å². The van der Waals surface area contributed by atoms with E-state index in [2.05, 4.69) is 6.58 Å². The van der Waals surface area contributed by atoms with Crippen LogP contribution < -0.4 is 41.9 Å². The van der Waals surface area contributed by atoms with E-state index in [1.807, 2.05) is 0 Å². The van der Waals surface area contributed by atoms with Crippen molar-refractivity contribution in [2.45, 2.75) is 13.0 Å². The summed E-state index contributed by atoms with van der Waals surface area (Å²) in [4.78, 5) is 11.8. The molecule has 0 heterocycles. The highest BCUT2D eigenvalue weighted by molar-refractivity contribution is 5.87. The van der Waals surface area contributed by atoms with Gasteiger partial charge in [0.25, 0.3) is 0 Å². The maximum Gasteiger partial charge on any atom is 0.333 e. The molecule has 12 nitrogen and oxygen atoms in total. The van der Waals surface area contributed by atoms with E-state index in [-0.39, 0.29) is 24.7 Å². The van der Waals surface area contributed by atoms with Crippen LogP contribution >= 0.6 is 0 Å². The van der Waals surface area contributed by atoms with Gasteiger partial charge in [-0.25, -0.2) is 4.79 Å². The van der Waals surface area contributed by atoms with E-state index in [9.17, 15) is 4.79 Å². The number of aromatic hydroxyl groups is 2. The van der Waals surface area contributed by atoms with Crippen LogP contribution in [0.15, 0.2) is 97.1 Å². The summed E-state index contributed by atoms with van der Waals surface area (Å²) >= 11 is 0. The minimum Gasteiger partial charge on any atom is -0.508 e. The molecular weight excluding hydrogens is 580 g/mol. The molecule has 0 amide bonds. The summed E-state index contributed by atoms with van der Waals surface area (Å²) in [6.45, 7) is 5.44. The number of nitrogens with two attached hydrogens (primary N) is 4. The molecule has 0 radical (unpaired) electrons. The summed E-state index contributed by atoms with van der Waals surface area (Å²) in [5, 5.41) is 17.9. The molecule has 12 heteroatoms. The quantitative estimate of drug-likeness (QED) is 0.0614. The average molecular weight is 621 g/mol. The Morgan fingerprint density at radius 1 is 0.689 bits per heavy atom. The maximum absolute atomic E-state index is 11.8. The number of phenols is 2. The minimum atomic E-state index is -0.598. The van der Waals surface area contributed by atoms with Gasteiger partial charge in [-0.05, 0) is 79.7 Å². The second-order valence-electron chi connectivity index (χ2n) is 9.42.